The van der Waals surface area contributed by atoms with Crippen molar-refractivity contribution in [1.29, 1.82) is 0 Å². The SMILES string of the molecule is O=C(N[C@H](c1ccccc1)c1ccco1)c1cn(C2CCCC2)cc(C(=O)N2CCCCC2)c1=O. The van der Waals surface area contributed by atoms with Crippen LogP contribution in [0.1, 0.15) is 89.1 Å². The van der Waals surface area contributed by atoms with E-state index in [9.17, 15) is 14.4 Å². The van der Waals surface area contributed by atoms with Crippen molar-refractivity contribution in [2.24, 2.45) is 0 Å². The molecule has 7 nitrogen and oxygen atoms in total. The number of aromatic nitrogens is 1. The van der Waals surface area contributed by atoms with Crippen LogP contribution in [0.5, 0.6) is 0 Å². The lowest BCUT2D eigenvalue weighted by Gasteiger charge is -2.27. The van der Waals surface area contributed by atoms with E-state index in [0.717, 1.165) is 50.5 Å². The normalized spacial score (nSPS) is 17.3. The van der Waals surface area contributed by atoms with Gasteiger partial charge in [-0.25, -0.2) is 0 Å². The van der Waals surface area contributed by atoms with E-state index >= 15 is 0 Å². The van der Waals surface area contributed by atoms with Gasteiger partial charge in [-0.3, -0.25) is 14.4 Å². The van der Waals surface area contributed by atoms with Crippen molar-refractivity contribution < 1.29 is 14.0 Å². The Kier molecular flexibility index (Phi) is 6.84. The molecule has 1 N–H and O–H groups in total. The van der Waals surface area contributed by atoms with Crippen molar-refractivity contribution in [2.45, 2.75) is 57.0 Å². The number of carbonyl (C=O) groups is 2. The molecule has 35 heavy (non-hydrogen) atoms. The van der Waals surface area contributed by atoms with Crippen molar-refractivity contribution in [1.82, 2.24) is 14.8 Å². The van der Waals surface area contributed by atoms with Gasteiger partial charge in [0, 0.05) is 31.5 Å². The number of nitrogens with one attached hydrogen (secondary N) is 1. The number of benzene rings is 1. The average molecular weight is 474 g/mol. The number of pyridine rings is 1. The van der Waals surface area contributed by atoms with Crippen molar-refractivity contribution in [3.8, 4) is 0 Å². The van der Waals surface area contributed by atoms with Gasteiger partial charge in [-0.2, -0.15) is 0 Å². The molecule has 1 aliphatic carbocycles. The van der Waals surface area contributed by atoms with Gasteiger partial charge in [0.2, 0.25) is 5.43 Å². The fraction of sp³-hybridized carbons (Fsp3) is 0.393. The topological polar surface area (TPSA) is 84.6 Å². The van der Waals surface area contributed by atoms with Crippen LogP contribution in [0.2, 0.25) is 0 Å². The van der Waals surface area contributed by atoms with E-state index in [2.05, 4.69) is 5.32 Å². The Morgan fingerprint density at radius 1 is 0.886 bits per heavy atom. The molecule has 0 spiro atoms. The van der Waals surface area contributed by atoms with Gasteiger partial charge in [-0.15, -0.1) is 0 Å². The largest absolute Gasteiger partial charge is 0.467 e. The molecule has 2 amide bonds. The molecule has 0 bridgehead atoms. The van der Waals surface area contributed by atoms with Crippen molar-refractivity contribution in [2.75, 3.05) is 13.1 Å². The van der Waals surface area contributed by atoms with E-state index in [1.54, 1.807) is 35.7 Å². The van der Waals surface area contributed by atoms with Gasteiger partial charge >= 0.3 is 0 Å². The van der Waals surface area contributed by atoms with Crippen LogP contribution in [0.25, 0.3) is 0 Å². The second kappa shape index (κ2) is 10.3. The third kappa shape index (κ3) is 4.94. The summed E-state index contributed by atoms with van der Waals surface area (Å²) in [5, 5.41) is 2.99. The van der Waals surface area contributed by atoms with Crippen LogP contribution in [0, 0.1) is 0 Å². The van der Waals surface area contributed by atoms with Gasteiger partial charge in [-0.05, 0) is 49.8 Å². The van der Waals surface area contributed by atoms with Gasteiger partial charge < -0.3 is 19.2 Å². The van der Waals surface area contributed by atoms with E-state index in [1.807, 2.05) is 34.9 Å². The molecular formula is C28H31N3O4. The smallest absolute Gasteiger partial charge is 0.259 e. The molecule has 3 aromatic rings. The highest BCUT2D eigenvalue weighted by atomic mass is 16.3. The van der Waals surface area contributed by atoms with Gasteiger partial charge in [0.25, 0.3) is 11.8 Å². The first-order chi connectivity index (χ1) is 17.1. The van der Waals surface area contributed by atoms with Crippen LogP contribution < -0.4 is 10.7 Å². The number of hydrogen-bond donors (Lipinski definition) is 1. The van der Waals surface area contributed by atoms with E-state index in [-0.39, 0.29) is 23.1 Å². The maximum atomic E-state index is 13.6. The molecule has 182 valence electrons. The highest BCUT2D eigenvalue weighted by Crippen LogP contribution is 2.30. The highest BCUT2D eigenvalue weighted by molar-refractivity contribution is 5.99. The Balaban J connectivity index is 1.52. The second-order valence-electron chi connectivity index (χ2n) is 9.49. The number of nitrogens with zero attached hydrogens (tertiary/aromatic N) is 2. The molecule has 2 aromatic heterocycles. The predicted molar refractivity (Wildman–Crippen MR) is 132 cm³/mol. The fourth-order valence-corrected chi connectivity index (χ4v) is 5.22. The van der Waals surface area contributed by atoms with Crippen molar-refractivity contribution in [3.63, 3.8) is 0 Å². The zero-order valence-corrected chi connectivity index (χ0v) is 19.8. The fourth-order valence-electron chi connectivity index (χ4n) is 5.22. The lowest BCUT2D eigenvalue weighted by molar-refractivity contribution is 0.0722. The number of hydrogen-bond acceptors (Lipinski definition) is 4. The number of likely N-dealkylation sites (tertiary alicyclic amines) is 1. The maximum absolute atomic E-state index is 13.6. The minimum Gasteiger partial charge on any atom is -0.467 e. The molecule has 2 fully saturated rings. The highest BCUT2D eigenvalue weighted by Gasteiger charge is 2.28. The van der Waals surface area contributed by atoms with Crippen molar-refractivity contribution >= 4 is 11.8 Å². The van der Waals surface area contributed by atoms with Crippen LogP contribution >= 0.6 is 0 Å². The molecule has 1 saturated carbocycles. The summed E-state index contributed by atoms with van der Waals surface area (Å²) >= 11 is 0. The predicted octanol–water partition coefficient (Wildman–Crippen LogP) is 4.70. The van der Waals surface area contributed by atoms with E-state index in [0.29, 0.717) is 18.8 Å². The molecule has 2 aliphatic rings. The zero-order valence-electron chi connectivity index (χ0n) is 19.8. The summed E-state index contributed by atoms with van der Waals surface area (Å²) in [5.74, 6) is -0.219. The van der Waals surface area contributed by atoms with Gasteiger partial charge in [0.05, 0.1) is 6.26 Å². The molecule has 0 radical (unpaired) electrons. The summed E-state index contributed by atoms with van der Waals surface area (Å²) in [7, 11) is 0. The molecule has 5 rings (SSSR count). The first-order valence-corrected chi connectivity index (χ1v) is 12.6. The van der Waals surface area contributed by atoms with Crippen LogP contribution in [-0.2, 0) is 0 Å². The second-order valence-corrected chi connectivity index (χ2v) is 9.49. The van der Waals surface area contributed by atoms with Gasteiger partial charge in [0.15, 0.2) is 0 Å². The van der Waals surface area contributed by atoms with Crippen LogP contribution in [0.4, 0.5) is 0 Å². The molecular weight excluding hydrogens is 442 g/mol. The lowest BCUT2D eigenvalue weighted by Crippen LogP contribution is -2.40. The molecule has 7 heteroatoms. The molecule has 1 aliphatic heterocycles. The Hall–Kier alpha value is -3.61. The average Bonchev–Trinajstić information content (AvgIpc) is 3.63. The Morgan fingerprint density at radius 2 is 1.60 bits per heavy atom. The monoisotopic (exact) mass is 473 g/mol. The Bertz CT molecular complexity index is 1220. The van der Waals surface area contributed by atoms with Gasteiger partial charge in [0.1, 0.15) is 22.9 Å². The molecule has 1 atom stereocenters. The van der Waals surface area contributed by atoms with Crippen LogP contribution in [0.15, 0.2) is 70.3 Å². The van der Waals surface area contributed by atoms with Gasteiger partial charge in [-0.1, -0.05) is 43.2 Å². The molecule has 0 unspecified atom stereocenters. The number of furan rings is 1. The van der Waals surface area contributed by atoms with E-state index < -0.39 is 17.4 Å². The summed E-state index contributed by atoms with van der Waals surface area (Å²) in [5.41, 5.74) is 0.402. The van der Waals surface area contributed by atoms with Crippen molar-refractivity contribution in [3.05, 3.63) is 93.8 Å². The number of piperidine rings is 1. The summed E-state index contributed by atoms with van der Waals surface area (Å²) in [6.45, 7) is 1.29. The maximum Gasteiger partial charge on any atom is 0.259 e. The molecule has 1 aromatic carbocycles. The first kappa shape index (κ1) is 23.1. The standard InChI is InChI=1S/C28H31N3O4/c32-26-22(27(33)29-25(24-14-9-17-35-24)20-10-3-1-4-11-20)18-31(21-12-5-6-13-21)19-23(26)28(34)30-15-7-2-8-16-30/h1,3-4,9-11,14,17-19,21,25H,2,5-8,12-13,15-16H2,(H,29,33)/t25-/m1/s1. The molecule has 1 saturated heterocycles. The summed E-state index contributed by atoms with van der Waals surface area (Å²) in [4.78, 5) is 42.2. The van der Waals surface area contributed by atoms with Crippen LogP contribution in [0.3, 0.4) is 0 Å². The van der Waals surface area contributed by atoms with E-state index in [1.165, 1.54) is 0 Å². The first-order valence-electron chi connectivity index (χ1n) is 12.6. The number of rotatable bonds is 6. The Labute approximate surface area is 204 Å². The van der Waals surface area contributed by atoms with Crippen LogP contribution in [-0.4, -0.2) is 34.4 Å². The third-order valence-electron chi connectivity index (χ3n) is 7.15. The summed E-state index contributed by atoms with van der Waals surface area (Å²) in [6.07, 6.45) is 12.0. The number of amides is 2. The Morgan fingerprint density at radius 3 is 2.29 bits per heavy atom. The van der Waals surface area contributed by atoms with E-state index in [4.69, 9.17) is 4.42 Å². The molecule has 3 heterocycles. The third-order valence-corrected chi connectivity index (χ3v) is 7.15. The summed E-state index contributed by atoms with van der Waals surface area (Å²) < 4.78 is 7.53. The minimum atomic E-state index is -0.556. The quantitative estimate of drug-likeness (QED) is 0.562. The minimum absolute atomic E-state index is 0.00718. The number of carbonyl (C=O) groups excluding carboxylic acids is 2. The lowest BCUT2D eigenvalue weighted by atomic mass is 10.0. The summed E-state index contributed by atoms with van der Waals surface area (Å²) in [6, 6.07) is 12.7. The zero-order chi connectivity index (χ0) is 24.2.